The summed E-state index contributed by atoms with van der Waals surface area (Å²) in [6.07, 6.45) is 1.18. The topological polar surface area (TPSA) is 52.6 Å². The molecule has 1 amide bonds. The molecule has 1 fully saturated rings. The third-order valence-electron chi connectivity index (χ3n) is 3.36. The largest absolute Gasteiger partial charge is 0.393 e. The van der Waals surface area contributed by atoms with Crippen LogP contribution < -0.4 is 5.32 Å². The number of hydrogen-bond donors (Lipinski definition) is 2. The van der Waals surface area contributed by atoms with E-state index in [1.54, 1.807) is 18.2 Å². The Morgan fingerprint density at radius 3 is 2.74 bits per heavy atom. The number of benzene rings is 1. The molecule has 2 rings (SSSR count). The predicted molar refractivity (Wildman–Crippen MR) is 69.9 cm³/mol. The molecule has 0 atom stereocenters. The molecule has 0 bridgehead atoms. The van der Waals surface area contributed by atoms with E-state index in [0.717, 1.165) is 13.1 Å². The van der Waals surface area contributed by atoms with Crippen molar-refractivity contribution in [2.75, 3.05) is 19.6 Å². The lowest BCUT2D eigenvalue weighted by Gasteiger charge is -2.28. The minimum absolute atomic E-state index is 0.111. The standard InChI is InChI=1S/C14H19FN2O2/c15-13-4-2-1-3-11(13)9-16-14(19)10-17-7-5-12(18)6-8-17/h1-4,12,18H,5-10H2,(H,16,19). The van der Waals surface area contributed by atoms with Gasteiger partial charge in [0, 0.05) is 25.2 Å². The van der Waals surface area contributed by atoms with Gasteiger partial charge in [-0.3, -0.25) is 9.69 Å². The summed E-state index contributed by atoms with van der Waals surface area (Å²) in [7, 11) is 0. The van der Waals surface area contributed by atoms with Crippen LogP contribution >= 0.6 is 0 Å². The lowest BCUT2D eigenvalue weighted by atomic mass is 10.1. The third-order valence-corrected chi connectivity index (χ3v) is 3.36. The first-order chi connectivity index (χ1) is 9.15. The average molecular weight is 266 g/mol. The first-order valence-electron chi connectivity index (χ1n) is 6.55. The molecule has 0 radical (unpaired) electrons. The highest BCUT2D eigenvalue weighted by Gasteiger charge is 2.18. The second-order valence-corrected chi connectivity index (χ2v) is 4.88. The molecule has 1 saturated heterocycles. The summed E-state index contributed by atoms with van der Waals surface area (Å²) in [5.74, 6) is -0.413. The maximum Gasteiger partial charge on any atom is 0.234 e. The summed E-state index contributed by atoms with van der Waals surface area (Å²) in [4.78, 5) is 13.7. The molecule has 104 valence electrons. The van der Waals surface area contributed by atoms with E-state index in [1.165, 1.54) is 6.07 Å². The number of halogens is 1. The van der Waals surface area contributed by atoms with Crippen molar-refractivity contribution in [2.24, 2.45) is 0 Å². The molecule has 2 N–H and O–H groups in total. The van der Waals surface area contributed by atoms with Crippen molar-refractivity contribution in [3.8, 4) is 0 Å². The molecule has 5 heteroatoms. The quantitative estimate of drug-likeness (QED) is 0.851. The molecular formula is C14H19FN2O2. The van der Waals surface area contributed by atoms with Crippen molar-refractivity contribution in [1.29, 1.82) is 0 Å². The molecule has 19 heavy (non-hydrogen) atoms. The van der Waals surface area contributed by atoms with Gasteiger partial charge in [0.05, 0.1) is 12.6 Å². The van der Waals surface area contributed by atoms with E-state index in [4.69, 9.17) is 0 Å². The Kier molecular flexibility index (Phi) is 4.87. The Bertz CT molecular complexity index is 431. The van der Waals surface area contributed by atoms with Gasteiger partial charge in [-0.1, -0.05) is 18.2 Å². The van der Waals surface area contributed by atoms with Crippen molar-refractivity contribution in [3.63, 3.8) is 0 Å². The maximum absolute atomic E-state index is 13.4. The molecule has 0 saturated carbocycles. The number of aliphatic hydroxyl groups is 1. The van der Waals surface area contributed by atoms with Crippen LogP contribution in [0.4, 0.5) is 4.39 Å². The summed E-state index contributed by atoms with van der Waals surface area (Å²) in [6.45, 7) is 1.98. The first-order valence-corrected chi connectivity index (χ1v) is 6.55. The number of nitrogens with zero attached hydrogens (tertiary/aromatic N) is 1. The second kappa shape index (κ2) is 6.63. The number of nitrogens with one attached hydrogen (secondary N) is 1. The van der Waals surface area contributed by atoms with Crippen molar-refractivity contribution in [1.82, 2.24) is 10.2 Å². The van der Waals surface area contributed by atoms with Gasteiger partial charge in [0.2, 0.25) is 5.91 Å². The van der Waals surface area contributed by atoms with Crippen LogP contribution in [0.5, 0.6) is 0 Å². The molecule has 1 heterocycles. The summed E-state index contributed by atoms with van der Waals surface area (Å²) in [6, 6.07) is 6.41. The molecule has 1 aromatic rings. The zero-order valence-corrected chi connectivity index (χ0v) is 10.8. The van der Waals surface area contributed by atoms with Crippen LogP contribution in [0.1, 0.15) is 18.4 Å². The van der Waals surface area contributed by atoms with Gasteiger partial charge in [-0.2, -0.15) is 0 Å². The van der Waals surface area contributed by atoms with Crippen LogP contribution in [0.15, 0.2) is 24.3 Å². The summed E-state index contributed by atoms with van der Waals surface area (Å²) < 4.78 is 13.4. The molecule has 0 unspecified atom stereocenters. The van der Waals surface area contributed by atoms with E-state index >= 15 is 0 Å². The lowest BCUT2D eigenvalue weighted by Crippen LogP contribution is -2.42. The van der Waals surface area contributed by atoms with Crippen LogP contribution in [0.25, 0.3) is 0 Å². The Balaban J connectivity index is 1.74. The molecule has 1 aliphatic heterocycles. The Morgan fingerprint density at radius 1 is 1.37 bits per heavy atom. The van der Waals surface area contributed by atoms with Gasteiger partial charge in [-0.25, -0.2) is 4.39 Å². The monoisotopic (exact) mass is 266 g/mol. The van der Waals surface area contributed by atoms with Crippen LogP contribution in [-0.4, -0.2) is 41.7 Å². The van der Waals surface area contributed by atoms with Gasteiger partial charge in [-0.15, -0.1) is 0 Å². The van der Waals surface area contributed by atoms with Crippen molar-refractivity contribution in [3.05, 3.63) is 35.6 Å². The molecule has 1 aromatic carbocycles. The zero-order chi connectivity index (χ0) is 13.7. The number of amides is 1. The van der Waals surface area contributed by atoms with E-state index in [2.05, 4.69) is 5.32 Å². The molecule has 1 aliphatic rings. The lowest BCUT2D eigenvalue weighted by molar-refractivity contribution is -0.123. The van der Waals surface area contributed by atoms with E-state index in [-0.39, 0.29) is 24.4 Å². The highest BCUT2D eigenvalue weighted by Crippen LogP contribution is 2.09. The zero-order valence-electron chi connectivity index (χ0n) is 10.8. The maximum atomic E-state index is 13.4. The molecule has 0 aromatic heterocycles. The molecule has 0 spiro atoms. The van der Waals surface area contributed by atoms with Gasteiger partial charge in [0.25, 0.3) is 0 Å². The van der Waals surface area contributed by atoms with Gasteiger partial charge < -0.3 is 10.4 Å². The van der Waals surface area contributed by atoms with Crippen molar-refractivity contribution in [2.45, 2.75) is 25.5 Å². The summed E-state index contributed by atoms with van der Waals surface area (Å²) in [5.41, 5.74) is 0.491. The van der Waals surface area contributed by atoms with Crippen molar-refractivity contribution >= 4 is 5.91 Å². The van der Waals surface area contributed by atoms with Gasteiger partial charge in [-0.05, 0) is 18.9 Å². The highest BCUT2D eigenvalue weighted by molar-refractivity contribution is 5.78. The Hall–Kier alpha value is -1.46. The molecule has 4 nitrogen and oxygen atoms in total. The second-order valence-electron chi connectivity index (χ2n) is 4.88. The van der Waals surface area contributed by atoms with Crippen LogP contribution in [0.2, 0.25) is 0 Å². The fourth-order valence-electron chi connectivity index (χ4n) is 2.17. The predicted octanol–water partition coefficient (Wildman–Crippen LogP) is 0.899. The minimum Gasteiger partial charge on any atom is -0.393 e. The average Bonchev–Trinajstić information content (AvgIpc) is 2.40. The fourth-order valence-corrected chi connectivity index (χ4v) is 2.17. The summed E-state index contributed by atoms with van der Waals surface area (Å²) in [5, 5.41) is 12.1. The van der Waals surface area contributed by atoms with Crippen LogP contribution in [-0.2, 0) is 11.3 Å². The minimum atomic E-state index is -0.302. The molecule has 0 aliphatic carbocycles. The number of piperidine rings is 1. The Labute approximate surface area is 112 Å². The SMILES string of the molecule is O=C(CN1CCC(O)CC1)NCc1ccccc1F. The van der Waals surface area contributed by atoms with E-state index in [0.29, 0.717) is 24.9 Å². The highest BCUT2D eigenvalue weighted by atomic mass is 19.1. The molecular weight excluding hydrogens is 247 g/mol. The van der Waals surface area contributed by atoms with Gasteiger partial charge >= 0.3 is 0 Å². The number of hydrogen-bond acceptors (Lipinski definition) is 3. The normalized spacial score (nSPS) is 17.4. The van der Waals surface area contributed by atoms with Crippen molar-refractivity contribution < 1.29 is 14.3 Å². The first kappa shape index (κ1) is 14.0. The van der Waals surface area contributed by atoms with Gasteiger partial charge in [0.15, 0.2) is 0 Å². The number of likely N-dealkylation sites (tertiary alicyclic amines) is 1. The number of carbonyl (C=O) groups excluding carboxylic acids is 1. The summed E-state index contributed by atoms with van der Waals surface area (Å²) >= 11 is 0. The van der Waals surface area contributed by atoms with Gasteiger partial charge in [0.1, 0.15) is 5.82 Å². The van der Waals surface area contributed by atoms with E-state index in [1.807, 2.05) is 4.90 Å². The van der Waals surface area contributed by atoms with E-state index < -0.39 is 0 Å². The number of carbonyl (C=O) groups is 1. The Morgan fingerprint density at radius 2 is 2.05 bits per heavy atom. The number of rotatable bonds is 4. The fraction of sp³-hybridized carbons (Fsp3) is 0.500. The third kappa shape index (κ3) is 4.29. The van der Waals surface area contributed by atoms with Crippen LogP contribution in [0, 0.1) is 5.82 Å². The smallest absolute Gasteiger partial charge is 0.234 e. The number of aliphatic hydroxyl groups excluding tert-OH is 1. The van der Waals surface area contributed by atoms with E-state index in [9.17, 15) is 14.3 Å². The van der Waals surface area contributed by atoms with Crippen LogP contribution in [0.3, 0.4) is 0 Å².